The number of amides is 1. The summed E-state index contributed by atoms with van der Waals surface area (Å²) in [7, 11) is 1.84. The Morgan fingerprint density at radius 3 is 2.76 bits per heavy atom. The van der Waals surface area contributed by atoms with E-state index in [0.29, 0.717) is 17.4 Å². The number of carbonyl (C=O) groups is 1. The molecule has 1 amide bonds. The van der Waals surface area contributed by atoms with Gasteiger partial charge in [-0.25, -0.2) is 0 Å². The molecule has 5 nitrogen and oxygen atoms in total. The van der Waals surface area contributed by atoms with E-state index < -0.39 is 0 Å². The Hall–Kier alpha value is -1.69. The summed E-state index contributed by atoms with van der Waals surface area (Å²) in [5.41, 5.74) is 2.29. The van der Waals surface area contributed by atoms with E-state index in [9.17, 15) is 4.79 Å². The van der Waals surface area contributed by atoms with Crippen molar-refractivity contribution in [3.63, 3.8) is 0 Å². The Balaban J connectivity index is 2.33. The summed E-state index contributed by atoms with van der Waals surface area (Å²) in [4.78, 5) is 13.5. The standard InChI is InChI=1S/C11H14N4OS/c1-4-15-10(16)9(12-11(15)17)6-8-5-7(2)13-14(8)3/h5-6H,4H2,1-3H3,(H,12,17)/b9-6+. The summed E-state index contributed by atoms with van der Waals surface area (Å²) in [6, 6.07) is 1.92. The van der Waals surface area contributed by atoms with E-state index in [1.54, 1.807) is 10.8 Å². The zero-order valence-electron chi connectivity index (χ0n) is 10.0. The molecule has 1 aromatic heterocycles. The molecule has 1 aliphatic rings. The number of aromatic nitrogens is 2. The van der Waals surface area contributed by atoms with Gasteiger partial charge in [-0.3, -0.25) is 14.4 Å². The van der Waals surface area contributed by atoms with Crippen LogP contribution in [0.4, 0.5) is 0 Å². The van der Waals surface area contributed by atoms with Gasteiger partial charge in [-0.05, 0) is 38.2 Å². The molecule has 1 saturated heterocycles. The van der Waals surface area contributed by atoms with Crippen LogP contribution in [0.25, 0.3) is 6.08 Å². The minimum atomic E-state index is -0.0867. The van der Waals surface area contributed by atoms with Crippen LogP contribution >= 0.6 is 12.2 Å². The molecule has 2 rings (SSSR count). The second-order valence-electron chi connectivity index (χ2n) is 3.87. The number of hydrogen-bond acceptors (Lipinski definition) is 3. The van der Waals surface area contributed by atoms with E-state index in [4.69, 9.17) is 12.2 Å². The first-order chi connectivity index (χ1) is 8.02. The Kier molecular flexibility index (Phi) is 2.97. The molecule has 0 spiro atoms. The lowest BCUT2D eigenvalue weighted by atomic mass is 10.3. The van der Waals surface area contributed by atoms with Crippen molar-refractivity contribution in [2.75, 3.05) is 6.54 Å². The summed E-state index contributed by atoms with van der Waals surface area (Å²) in [6.45, 7) is 4.38. The van der Waals surface area contributed by atoms with Gasteiger partial charge in [-0.1, -0.05) is 0 Å². The molecule has 90 valence electrons. The van der Waals surface area contributed by atoms with Crippen LogP contribution in [0.3, 0.4) is 0 Å². The fourth-order valence-corrected chi connectivity index (χ4v) is 2.09. The third-order valence-corrected chi connectivity index (χ3v) is 2.93. The maximum absolute atomic E-state index is 11.9. The predicted octanol–water partition coefficient (Wildman–Crippen LogP) is 0.806. The quantitative estimate of drug-likeness (QED) is 0.623. The van der Waals surface area contributed by atoms with Crippen LogP contribution in [-0.4, -0.2) is 32.2 Å². The molecule has 6 heteroatoms. The lowest BCUT2D eigenvalue weighted by Gasteiger charge is -2.08. The first-order valence-corrected chi connectivity index (χ1v) is 5.79. The highest BCUT2D eigenvalue weighted by atomic mass is 32.1. The van der Waals surface area contributed by atoms with Gasteiger partial charge in [0.05, 0.1) is 11.4 Å². The third-order valence-electron chi connectivity index (χ3n) is 2.61. The molecule has 0 unspecified atom stereocenters. The number of hydrogen-bond donors (Lipinski definition) is 1. The first kappa shape index (κ1) is 11.8. The van der Waals surface area contributed by atoms with E-state index in [0.717, 1.165) is 11.4 Å². The molecule has 1 aromatic rings. The van der Waals surface area contributed by atoms with Crippen molar-refractivity contribution in [1.29, 1.82) is 0 Å². The fraction of sp³-hybridized carbons (Fsp3) is 0.364. The predicted molar refractivity (Wildman–Crippen MR) is 69.0 cm³/mol. The number of rotatable bonds is 2. The minimum absolute atomic E-state index is 0.0867. The van der Waals surface area contributed by atoms with E-state index in [-0.39, 0.29) is 5.91 Å². The van der Waals surface area contributed by atoms with E-state index in [2.05, 4.69) is 10.4 Å². The molecule has 1 fully saturated rings. The van der Waals surface area contributed by atoms with E-state index >= 15 is 0 Å². The van der Waals surface area contributed by atoms with Crippen LogP contribution in [0.1, 0.15) is 18.3 Å². The summed E-state index contributed by atoms with van der Waals surface area (Å²) in [5, 5.41) is 7.60. The van der Waals surface area contributed by atoms with Crippen LogP contribution in [0.2, 0.25) is 0 Å². The highest BCUT2D eigenvalue weighted by molar-refractivity contribution is 7.80. The van der Waals surface area contributed by atoms with Gasteiger partial charge < -0.3 is 5.32 Å². The number of aryl methyl sites for hydroxylation is 2. The smallest absolute Gasteiger partial charge is 0.276 e. The first-order valence-electron chi connectivity index (χ1n) is 5.38. The molecule has 0 bridgehead atoms. The maximum Gasteiger partial charge on any atom is 0.276 e. The van der Waals surface area contributed by atoms with Crippen molar-refractivity contribution in [3.8, 4) is 0 Å². The third kappa shape index (κ3) is 2.08. The van der Waals surface area contributed by atoms with Gasteiger partial charge in [0.25, 0.3) is 5.91 Å². The molecule has 0 saturated carbocycles. The van der Waals surface area contributed by atoms with Gasteiger partial charge in [0, 0.05) is 13.6 Å². The van der Waals surface area contributed by atoms with Crippen molar-refractivity contribution >= 4 is 29.3 Å². The molecule has 0 aromatic carbocycles. The van der Waals surface area contributed by atoms with Crippen molar-refractivity contribution in [3.05, 3.63) is 23.2 Å². The lowest BCUT2D eigenvalue weighted by molar-refractivity contribution is -0.122. The number of likely N-dealkylation sites (N-methyl/N-ethyl adjacent to an activating group) is 1. The lowest BCUT2D eigenvalue weighted by Crippen LogP contribution is -2.30. The maximum atomic E-state index is 11.9. The highest BCUT2D eigenvalue weighted by Crippen LogP contribution is 2.14. The Labute approximate surface area is 105 Å². The molecular weight excluding hydrogens is 236 g/mol. The topological polar surface area (TPSA) is 50.2 Å². The number of carbonyl (C=O) groups excluding carboxylic acids is 1. The molecule has 17 heavy (non-hydrogen) atoms. The Morgan fingerprint density at radius 2 is 2.29 bits per heavy atom. The average Bonchev–Trinajstić information content (AvgIpc) is 2.69. The minimum Gasteiger partial charge on any atom is -0.328 e. The summed E-state index contributed by atoms with van der Waals surface area (Å²) >= 11 is 5.08. The Bertz CT molecular complexity index is 518. The van der Waals surface area contributed by atoms with Crippen molar-refractivity contribution in [1.82, 2.24) is 20.0 Å². The molecular formula is C11H14N4OS. The molecule has 2 heterocycles. The van der Waals surface area contributed by atoms with Crippen molar-refractivity contribution in [2.24, 2.45) is 7.05 Å². The van der Waals surface area contributed by atoms with Gasteiger partial charge in [0.1, 0.15) is 5.70 Å². The van der Waals surface area contributed by atoms with Gasteiger partial charge in [0.2, 0.25) is 0 Å². The van der Waals surface area contributed by atoms with Gasteiger partial charge in [-0.2, -0.15) is 5.10 Å². The normalized spacial score (nSPS) is 18.1. The van der Waals surface area contributed by atoms with Crippen LogP contribution in [0.15, 0.2) is 11.8 Å². The van der Waals surface area contributed by atoms with Crippen LogP contribution < -0.4 is 5.32 Å². The second kappa shape index (κ2) is 4.29. The number of thiocarbonyl (C=S) groups is 1. The number of nitrogens with one attached hydrogen (secondary N) is 1. The number of nitrogens with zero attached hydrogens (tertiary/aromatic N) is 3. The SMILES string of the molecule is CCN1C(=O)/C(=C\c2cc(C)nn2C)NC1=S. The van der Waals surface area contributed by atoms with Crippen LogP contribution in [-0.2, 0) is 11.8 Å². The van der Waals surface area contributed by atoms with Crippen LogP contribution in [0.5, 0.6) is 0 Å². The second-order valence-corrected chi connectivity index (χ2v) is 4.26. The average molecular weight is 250 g/mol. The largest absolute Gasteiger partial charge is 0.328 e. The molecule has 0 atom stereocenters. The summed E-state index contributed by atoms with van der Waals surface area (Å²) in [5.74, 6) is -0.0867. The summed E-state index contributed by atoms with van der Waals surface area (Å²) < 4.78 is 1.73. The molecule has 1 N–H and O–H groups in total. The summed E-state index contributed by atoms with van der Waals surface area (Å²) in [6.07, 6.45) is 1.77. The zero-order valence-corrected chi connectivity index (χ0v) is 10.8. The highest BCUT2D eigenvalue weighted by Gasteiger charge is 2.29. The van der Waals surface area contributed by atoms with Gasteiger partial charge >= 0.3 is 0 Å². The molecule has 0 radical (unpaired) electrons. The monoisotopic (exact) mass is 250 g/mol. The van der Waals surface area contributed by atoms with Crippen molar-refractivity contribution in [2.45, 2.75) is 13.8 Å². The Morgan fingerprint density at radius 1 is 1.59 bits per heavy atom. The fourth-order valence-electron chi connectivity index (χ4n) is 1.77. The zero-order chi connectivity index (χ0) is 12.6. The van der Waals surface area contributed by atoms with Gasteiger partial charge in [-0.15, -0.1) is 0 Å². The molecule has 0 aliphatic carbocycles. The van der Waals surface area contributed by atoms with E-state index in [1.165, 1.54) is 4.90 Å². The van der Waals surface area contributed by atoms with E-state index in [1.807, 2.05) is 27.0 Å². The van der Waals surface area contributed by atoms with Gasteiger partial charge in [0.15, 0.2) is 5.11 Å². The van der Waals surface area contributed by atoms with Crippen LogP contribution in [0, 0.1) is 6.92 Å². The molecule has 1 aliphatic heterocycles. The van der Waals surface area contributed by atoms with Crippen molar-refractivity contribution < 1.29 is 4.79 Å².